The molecule has 0 aliphatic heterocycles. The molecule has 0 aliphatic carbocycles. The molecule has 0 radical (unpaired) electrons. The third-order valence-corrected chi connectivity index (χ3v) is 2.22. The molecule has 0 saturated carbocycles. The largest absolute Gasteiger partial charge is 0.388 e. The molecular weight excluding hydrogens is 191 g/mol. The van der Waals surface area contributed by atoms with E-state index in [9.17, 15) is 9.50 Å². The fourth-order valence-electron chi connectivity index (χ4n) is 1.11. The smallest absolute Gasteiger partial charge is 0.147 e. The molecule has 0 heterocycles. The molecule has 1 atom stereocenters. The minimum Gasteiger partial charge on any atom is -0.388 e. The van der Waals surface area contributed by atoms with Gasteiger partial charge in [-0.05, 0) is 12.0 Å². The molecular formula is C10H12ClFO. The molecule has 0 spiro atoms. The highest BCUT2D eigenvalue weighted by molar-refractivity contribution is 6.30. The first-order chi connectivity index (χ1) is 6.04. The Morgan fingerprint density at radius 3 is 2.54 bits per heavy atom. The first-order valence-electron chi connectivity index (χ1n) is 4.16. The molecule has 0 saturated heterocycles. The van der Waals surface area contributed by atoms with Gasteiger partial charge in [-0.3, -0.25) is 0 Å². The lowest BCUT2D eigenvalue weighted by molar-refractivity contribution is 0.123. The Morgan fingerprint density at radius 2 is 2.00 bits per heavy atom. The number of aliphatic hydroxyl groups excluding tert-OH is 1. The maximum absolute atomic E-state index is 13.3. The maximum Gasteiger partial charge on any atom is 0.147 e. The van der Waals surface area contributed by atoms with Gasteiger partial charge in [-0.25, -0.2) is 4.39 Å². The standard InChI is InChI=1S/C10H12ClFO/c1-6(2)10(13)7-4-3-5-8(11)9(7)12/h3-6,10,13H,1-2H3. The van der Waals surface area contributed by atoms with Crippen LogP contribution in [0.4, 0.5) is 4.39 Å². The van der Waals surface area contributed by atoms with Crippen LogP contribution >= 0.6 is 11.6 Å². The summed E-state index contributed by atoms with van der Waals surface area (Å²) in [5.74, 6) is -0.543. The predicted octanol–water partition coefficient (Wildman–Crippen LogP) is 3.17. The Kier molecular flexibility index (Phi) is 3.28. The molecule has 1 aromatic rings. The lowest BCUT2D eigenvalue weighted by atomic mass is 9.99. The van der Waals surface area contributed by atoms with E-state index >= 15 is 0 Å². The Labute approximate surface area is 82.2 Å². The molecule has 13 heavy (non-hydrogen) atoms. The monoisotopic (exact) mass is 202 g/mol. The number of rotatable bonds is 2. The van der Waals surface area contributed by atoms with Crippen molar-refractivity contribution in [2.24, 2.45) is 5.92 Å². The van der Waals surface area contributed by atoms with Crippen molar-refractivity contribution in [3.8, 4) is 0 Å². The average Bonchev–Trinajstić information content (AvgIpc) is 2.08. The molecule has 1 nitrogen and oxygen atoms in total. The number of halogens is 2. The topological polar surface area (TPSA) is 20.2 Å². The summed E-state index contributed by atoms with van der Waals surface area (Å²) in [6.45, 7) is 3.65. The zero-order chi connectivity index (χ0) is 10.0. The van der Waals surface area contributed by atoms with E-state index in [4.69, 9.17) is 11.6 Å². The molecule has 3 heteroatoms. The summed E-state index contributed by atoms with van der Waals surface area (Å²) in [5, 5.41) is 9.66. The molecule has 0 aromatic heterocycles. The molecule has 0 amide bonds. The normalized spacial score (nSPS) is 13.4. The molecule has 1 aromatic carbocycles. The van der Waals surface area contributed by atoms with E-state index < -0.39 is 11.9 Å². The second-order valence-corrected chi connectivity index (χ2v) is 3.74. The summed E-state index contributed by atoms with van der Waals surface area (Å²) in [4.78, 5) is 0. The highest BCUT2D eigenvalue weighted by Crippen LogP contribution is 2.27. The van der Waals surface area contributed by atoms with E-state index in [0.29, 0.717) is 0 Å². The van der Waals surface area contributed by atoms with Gasteiger partial charge >= 0.3 is 0 Å². The number of aliphatic hydroxyl groups is 1. The van der Waals surface area contributed by atoms with Crippen molar-refractivity contribution >= 4 is 11.6 Å². The number of benzene rings is 1. The zero-order valence-corrected chi connectivity index (χ0v) is 8.35. The first kappa shape index (κ1) is 10.5. The van der Waals surface area contributed by atoms with Gasteiger partial charge in [-0.1, -0.05) is 37.6 Å². The van der Waals surface area contributed by atoms with Crippen molar-refractivity contribution in [3.63, 3.8) is 0 Å². The Bertz CT molecular complexity index is 299. The molecule has 0 bridgehead atoms. The predicted molar refractivity (Wildman–Crippen MR) is 51.2 cm³/mol. The van der Waals surface area contributed by atoms with Crippen LogP contribution in [0.15, 0.2) is 18.2 Å². The number of hydrogen-bond acceptors (Lipinski definition) is 1. The Morgan fingerprint density at radius 1 is 1.38 bits per heavy atom. The first-order valence-corrected chi connectivity index (χ1v) is 4.53. The highest BCUT2D eigenvalue weighted by atomic mass is 35.5. The van der Waals surface area contributed by atoms with Crippen LogP contribution in [0.25, 0.3) is 0 Å². The van der Waals surface area contributed by atoms with Crippen molar-refractivity contribution in [1.29, 1.82) is 0 Å². The zero-order valence-electron chi connectivity index (χ0n) is 7.59. The highest BCUT2D eigenvalue weighted by Gasteiger charge is 2.17. The van der Waals surface area contributed by atoms with Crippen molar-refractivity contribution in [2.75, 3.05) is 0 Å². The van der Waals surface area contributed by atoms with Crippen LogP contribution in [-0.4, -0.2) is 5.11 Å². The van der Waals surface area contributed by atoms with Gasteiger partial charge < -0.3 is 5.11 Å². The van der Waals surface area contributed by atoms with Crippen molar-refractivity contribution in [3.05, 3.63) is 34.6 Å². The summed E-state index contributed by atoms with van der Waals surface area (Å²) < 4.78 is 13.3. The summed E-state index contributed by atoms with van der Waals surface area (Å²) in [6, 6.07) is 4.64. The van der Waals surface area contributed by atoms with Crippen LogP contribution in [-0.2, 0) is 0 Å². The van der Waals surface area contributed by atoms with E-state index in [1.165, 1.54) is 6.07 Å². The molecule has 0 aliphatic rings. The van der Waals surface area contributed by atoms with E-state index in [1.54, 1.807) is 12.1 Å². The summed E-state index contributed by atoms with van der Waals surface area (Å²) in [5.41, 5.74) is 0.266. The van der Waals surface area contributed by atoms with E-state index in [-0.39, 0.29) is 16.5 Å². The maximum atomic E-state index is 13.3. The lowest BCUT2D eigenvalue weighted by Crippen LogP contribution is -2.07. The van der Waals surface area contributed by atoms with Crippen molar-refractivity contribution in [1.82, 2.24) is 0 Å². The van der Waals surface area contributed by atoms with E-state index in [0.717, 1.165) is 0 Å². The van der Waals surface area contributed by atoms with Gasteiger partial charge in [-0.15, -0.1) is 0 Å². The van der Waals surface area contributed by atoms with Crippen LogP contribution in [0.3, 0.4) is 0 Å². The van der Waals surface area contributed by atoms with E-state index in [2.05, 4.69) is 0 Å². The average molecular weight is 203 g/mol. The molecule has 1 rings (SSSR count). The SMILES string of the molecule is CC(C)C(O)c1cccc(Cl)c1F. The van der Waals surface area contributed by atoms with Crippen LogP contribution in [0, 0.1) is 11.7 Å². The summed E-state index contributed by atoms with van der Waals surface area (Å²) >= 11 is 5.58. The van der Waals surface area contributed by atoms with Crippen LogP contribution in [0.2, 0.25) is 5.02 Å². The van der Waals surface area contributed by atoms with Crippen LogP contribution in [0.5, 0.6) is 0 Å². The van der Waals surface area contributed by atoms with Gasteiger partial charge in [0.05, 0.1) is 11.1 Å². The molecule has 1 unspecified atom stereocenters. The quantitative estimate of drug-likeness (QED) is 0.781. The van der Waals surface area contributed by atoms with Crippen molar-refractivity contribution in [2.45, 2.75) is 20.0 Å². The third-order valence-electron chi connectivity index (χ3n) is 1.93. The molecule has 72 valence electrons. The Hall–Kier alpha value is -0.600. The molecule has 0 fully saturated rings. The fourth-order valence-corrected chi connectivity index (χ4v) is 1.29. The lowest BCUT2D eigenvalue weighted by Gasteiger charge is -2.15. The van der Waals surface area contributed by atoms with E-state index in [1.807, 2.05) is 13.8 Å². The van der Waals surface area contributed by atoms with Gasteiger partial charge in [0.1, 0.15) is 5.82 Å². The summed E-state index contributed by atoms with van der Waals surface area (Å²) in [6.07, 6.45) is -0.793. The van der Waals surface area contributed by atoms with Gasteiger partial charge in [-0.2, -0.15) is 0 Å². The minimum atomic E-state index is -0.793. The third kappa shape index (κ3) is 2.20. The second kappa shape index (κ2) is 4.07. The second-order valence-electron chi connectivity index (χ2n) is 3.33. The van der Waals surface area contributed by atoms with Gasteiger partial charge in [0, 0.05) is 5.56 Å². The Balaban J connectivity index is 3.07. The minimum absolute atomic E-state index is 0.0204. The molecule has 1 N–H and O–H groups in total. The number of hydrogen-bond donors (Lipinski definition) is 1. The van der Waals surface area contributed by atoms with Crippen LogP contribution in [0.1, 0.15) is 25.5 Å². The van der Waals surface area contributed by atoms with Gasteiger partial charge in [0.25, 0.3) is 0 Å². The summed E-state index contributed by atoms with van der Waals surface area (Å²) in [7, 11) is 0. The van der Waals surface area contributed by atoms with Gasteiger partial charge in [0.15, 0.2) is 0 Å². The van der Waals surface area contributed by atoms with Crippen LogP contribution < -0.4 is 0 Å². The fraction of sp³-hybridized carbons (Fsp3) is 0.400. The van der Waals surface area contributed by atoms with Crippen molar-refractivity contribution < 1.29 is 9.50 Å². The van der Waals surface area contributed by atoms with Gasteiger partial charge in [0.2, 0.25) is 0 Å².